The van der Waals surface area contributed by atoms with E-state index in [4.69, 9.17) is 4.74 Å². The number of halogens is 3. The number of amides is 1. The van der Waals surface area contributed by atoms with E-state index in [9.17, 15) is 22.8 Å². The van der Waals surface area contributed by atoms with Crippen molar-refractivity contribution in [1.29, 1.82) is 0 Å². The number of hydrogen-bond donors (Lipinski definition) is 0. The third-order valence-electron chi connectivity index (χ3n) is 4.35. The maximum atomic E-state index is 12.9. The molecular weight excluding hydrogens is 325 g/mol. The van der Waals surface area contributed by atoms with E-state index in [1.54, 1.807) is 11.0 Å². The Morgan fingerprint density at radius 1 is 1.12 bits per heavy atom. The zero-order valence-corrected chi connectivity index (χ0v) is 12.9. The van der Waals surface area contributed by atoms with E-state index in [1.165, 1.54) is 11.0 Å². The number of rotatable bonds is 2. The minimum Gasteiger partial charge on any atom is -0.464 e. The largest absolute Gasteiger partial charge is 0.464 e. The molecule has 0 spiro atoms. The van der Waals surface area contributed by atoms with Crippen molar-refractivity contribution in [3.05, 3.63) is 29.8 Å². The normalized spacial score (nSPS) is 22.5. The summed E-state index contributed by atoms with van der Waals surface area (Å²) in [5, 5.41) is 0. The minimum absolute atomic E-state index is 0.153. The third kappa shape index (κ3) is 3.32. The summed E-state index contributed by atoms with van der Waals surface area (Å²) >= 11 is 0. The highest BCUT2D eigenvalue weighted by atomic mass is 19.4. The second-order valence-electron chi connectivity index (χ2n) is 5.84. The number of anilines is 1. The molecule has 1 aromatic rings. The molecule has 0 saturated carbocycles. The fourth-order valence-corrected chi connectivity index (χ4v) is 3.07. The van der Waals surface area contributed by atoms with Crippen molar-refractivity contribution in [3.8, 4) is 0 Å². The molecule has 0 N–H and O–H groups in total. The number of esters is 1. The van der Waals surface area contributed by atoms with Gasteiger partial charge < -0.3 is 14.5 Å². The fraction of sp³-hybridized carbons (Fsp3) is 0.500. The number of carbonyl (C=O) groups excluding carboxylic acids is 2. The van der Waals surface area contributed by atoms with Crippen LogP contribution in [-0.4, -0.2) is 49.1 Å². The van der Waals surface area contributed by atoms with E-state index in [2.05, 4.69) is 0 Å². The van der Waals surface area contributed by atoms with Gasteiger partial charge in [-0.3, -0.25) is 4.79 Å². The molecule has 1 atom stereocenters. The van der Waals surface area contributed by atoms with Gasteiger partial charge in [0.15, 0.2) is 0 Å². The molecule has 0 radical (unpaired) electrons. The molecule has 2 aliphatic rings. The van der Waals surface area contributed by atoms with Crippen LogP contribution in [0, 0.1) is 0 Å². The van der Waals surface area contributed by atoms with Gasteiger partial charge in [0, 0.05) is 38.2 Å². The lowest BCUT2D eigenvalue weighted by Crippen LogP contribution is -2.44. The van der Waals surface area contributed by atoms with Gasteiger partial charge in [-0.2, -0.15) is 13.2 Å². The van der Waals surface area contributed by atoms with Gasteiger partial charge in [0.1, 0.15) is 6.04 Å². The topological polar surface area (TPSA) is 49.9 Å². The zero-order chi connectivity index (χ0) is 17.3. The van der Waals surface area contributed by atoms with Crippen LogP contribution in [0.1, 0.15) is 18.4 Å². The molecule has 24 heavy (non-hydrogen) atoms. The molecule has 0 aromatic heterocycles. The van der Waals surface area contributed by atoms with Crippen molar-refractivity contribution in [2.75, 3.05) is 31.1 Å². The van der Waals surface area contributed by atoms with Crippen LogP contribution in [0.25, 0.3) is 0 Å². The Bertz CT molecular complexity index is 648. The van der Waals surface area contributed by atoms with Crippen LogP contribution in [0.15, 0.2) is 24.3 Å². The van der Waals surface area contributed by atoms with E-state index >= 15 is 0 Å². The predicted molar refractivity (Wildman–Crippen MR) is 79.4 cm³/mol. The summed E-state index contributed by atoms with van der Waals surface area (Å²) in [5.41, 5.74) is -0.291. The number of benzene rings is 1. The summed E-state index contributed by atoms with van der Waals surface area (Å²) in [4.78, 5) is 27.2. The van der Waals surface area contributed by atoms with Crippen molar-refractivity contribution < 1.29 is 27.5 Å². The molecule has 2 aliphatic heterocycles. The Labute approximate surface area is 137 Å². The van der Waals surface area contributed by atoms with Gasteiger partial charge in [-0.1, -0.05) is 6.07 Å². The van der Waals surface area contributed by atoms with Crippen LogP contribution in [0.3, 0.4) is 0 Å². The average molecular weight is 342 g/mol. The Kier molecular flexibility index (Phi) is 4.38. The Hall–Kier alpha value is -2.25. The van der Waals surface area contributed by atoms with Gasteiger partial charge in [-0.05, 0) is 18.2 Å². The zero-order valence-electron chi connectivity index (χ0n) is 12.9. The summed E-state index contributed by atoms with van der Waals surface area (Å²) in [6, 6.07) is 4.49. The van der Waals surface area contributed by atoms with Crippen molar-refractivity contribution in [2.45, 2.75) is 25.1 Å². The summed E-state index contributed by atoms with van der Waals surface area (Å²) < 4.78 is 43.5. The Balaban J connectivity index is 1.76. The number of hydrogen-bond acceptors (Lipinski definition) is 4. The molecule has 1 amide bonds. The first-order chi connectivity index (χ1) is 11.4. The summed E-state index contributed by atoms with van der Waals surface area (Å²) in [6.45, 7) is 1.27. The lowest BCUT2D eigenvalue weighted by molar-refractivity contribution is -0.147. The molecule has 3 rings (SSSR count). The van der Waals surface area contributed by atoms with E-state index in [0.29, 0.717) is 31.8 Å². The molecule has 2 heterocycles. The first kappa shape index (κ1) is 16.6. The summed E-state index contributed by atoms with van der Waals surface area (Å²) in [7, 11) is 0. The number of nitrogens with zero attached hydrogens (tertiary/aromatic N) is 2. The van der Waals surface area contributed by atoms with Crippen molar-refractivity contribution >= 4 is 17.6 Å². The monoisotopic (exact) mass is 342 g/mol. The quantitative estimate of drug-likeness (QED) is 0.772. The number of carbonyl (C=O) groups is 2. The molecule has 2 fully saturated rings. The van der Waals surface area contributed by atoms with Gasteiger partial charge >= 0.3 is 12.1 Å². The van der Waals surface area contributed by atoms with Crippen LogP contribution in [0.5, 0.6) is 0 Å². The summed E-state index contributed by atoms with van der Waals surface area (Å²) in [5.74, 6) is -0.579. The highest BCUT2D eigenvalue weighted by Gasteiger charge is 2.36. The average Bonchev–Trinajstić information content (AvgIpc) is 2.86. The molecule has 8 heteroatoms. The van der Waals surface area contributed by atoms with Crippen LogP contribution >= 0.6 is 0 Å². The first-order valence-corrected chi connectivity index (χ1v) is 7.74. The van der Waals surface area contributed by atoms with Gasteiger partial charge in [0.25, 0.3) is 0 Å². The maximum absolute atomic E-state index is 12.9. The van der Waals surface area contributed by atoms with Crippen LogP contribution in [0.2, 0.25) is 0 Å². The van der Waals surface area contributed by atoms with Crippen molar-refractivity contribution in [3.63, 3.8) is 0 Å². The van der Waals surface area contributed by atoms with Crippen LogP contribution in [-0.2, 0) is 20.5 Å². The number of alkyl halides is 3. The lowest BCUT2D eigenvalue weighted by Gasteiger charge is -2.26. The molecule has 5 nitrogen and oxygen atoms in total. The first-order valence-electron chi connectivity index (χ1n) is 7.74. The van der Waals surface area contributed by atoms with Crippen LogP contribution < -0.4 is 4.90 Å². The lowest BCUT2D eigenvalue weighted by atomic mass is 10.1. The highest BCUT2D eigenvalue weighted by molar-refractivity contribution is 5.86. The van der Waals surface area contributed by atoms with Gasteiger partial charge in [0.05, 0.1) is 12.2 Å². The second-order valence-corrected chi connectivity index (χ2v) is 5.84. The van der Waals surface area contributed by atoms with E-state index in [0.717, 1.165) is 12.1 Å². The number of ether oxygens (including phenoxy) is 1. The molecule has 0 bridgehead atoms. The van der Waals surface area contributed by atoms with E-state index in [-0.39, 0.29) is 18.9 Å². The molecule has 1 unspecified atom stereocenters. The Morgan fingerprint density at radius 2 is 1.92 bits per heavy atom. The molecule has 1 aromatic carbocycles. The Morgan fingerprint density at radius 3 is 2.58 bits per heavy atom. The van der Waals surface area contributed by atoms with E-state index < -0.39 is 23.8 Å². The molecule has 2 saturated heterocycles. The van der Waals surface area contributed by atoms with Gasteiger partial charge in [0.2, 0.25) is 5.91 Å². The SMILES string of the molecule is O=C1OCCC1N1CCN(c2cccc(C(F)(F)F)c2)CCC1=O. The predicted octanol–water partition coefficient (Wildman–Crippen LogP) is 2.06. The minimum atomic E-state index is -4.41. The number of cyclic esters (lactones) is 1. The van der Waals surface area contributed by atoms with Gasteiger partial charge in [-0.15, -0.1) is 0 Å². The fourth-order valence-electron chi connectivity index (χ4n) is 3.07. The highest BCUT2D eigenvalue weighted by Crippen LogP contribution is 2.32. The summed E-state index contributed by atoms with van der Waals surface area (Å²) in [6.07, 6.45) is -3.79. The molecule has 0 aliphatic carbocycles. The van der Waals surface area contributed by atoms with Gasteiger partial charge in [-0.25, -0.2) is 4.79 Å². The van der Waals surface area contributed by atoms with E-state index in [1.807, 2.05) is 0 Å². The molecular formula is C16H17F3N2O3. The maximum Gasteiger partial charge on any atom is 0.416 e. The smallest absolute Gasteiger partial charge is 0.416 e. The van der Waals surface area contributed by atoms with Crippen molar-refractivity contribution in [2.24, 2.45) is 0 Å². The molecule has 130 valence electrons. The second kappa shape index (κ2) is 6.33. The van der Waals surface area contributed by atoms with Crippen molar-refractivity contribution in [1.82, 2.24) is 4.90 Å². The third-order valence-corrected chi connectivity index (χ3v) is 4.35. The standard InChI is InChI=1S/C16H17F3N2O3/c17-16(18,19)11-2-1-3-12(10-11)20-6-4-14(22)21(8-7-20)13-5-9-24-15(13)23/h1-3,10,13H,4-9H2. The van der Waals surface area contributed by atoms with Crippen LogP contribution in [0.4, 0.5) is 18.9 Å².